The second-order valence-electron chi connectivity index (χ2n) is 22.8. The lowest BCUT2D eigenvalue weighted by atomic mass is 10.0. The highest BCUT2D eigenvalue weighted by molar-refractivity contribution is 5.76. The summed E-state index contributed by atoms with van der Waals surface area (Å²) in [7, 11) is 0. The Labute approximate surface area is 450 Å². The average Bonchev–Trinajstić information content (AvgIpc) is 3.38. The van der Waals surface area contributed by atoms with Gasteiger partial charge in [0.2, 0.25) is 5.91 Å². The molecule has 0 aliphatic carbocycles. The second-order valence-corrected chi connectivity index (χ2v) is 22.8. The molecule has 1 amide bonds. The van der Waals surface area contributed by atoms with Crippen molar-refractivity contribution in [1.82, 2.24) is 5.32 Å². The molecule has 0 aromatic heterocycles. The third kappa shape index (κ3) is 57.9. The van der Waals surface area contributed by atoms with Crippen molar-refractivity contribution in [2.75, 3.05) is 13.2 Å². The normalized spacial score (nSPS) is 12.6. The van der Waals surface area contributed by atoms with Crippen molar-refractivity contribution in [2.24, 2.45) is 0 Å². The van der Waals surface area contributed by atoms with Crippen molar-refractivity contribution in [3.05, 3.63) is 12.2 Å². The summed E-state index contributed by atoms with van der Waals surface area (Å²) >= 11 is 0. The smallest absolute Gasteiger partial charge is 0.305 e. The Morgan fingerprint density at radius 3 is 0.986 bits per heavy atom. The van der Waals surface area contributed by atoms with Gasteiger partial charge in [-0.05, 0) is 51.4 Å². The summed E-state index contributed by atoms with van der Waals surface area (Å²) < 4.78 is 5.49. The maximum Gasteiger partial charge on any atom is 0.305 e. The van der Waals surface area contributed by atoms with Crippen LogP contribution in [-0.4, -0.2) is 47.4 Å². The Balaban J connectivity index is 3.38. The van der Waals surface area contributed by atoms with E-state index in [-0.39, 0.29) is 18.5 Å². The molecule has 428 valence electrons. The largest absolute Gasteiger partial charge is 0.466 e. The first-order valence-electron chi connectivity index (χ1n) is 32.9. The molecule has 0 radical (unpaired) electrons. The summed E-state index contributed by atoms with van der Waals surface area (Å²) in [5.74, 6) is -0.0286. The van der Waals surface area contributed by atoms with E-state index < -0.39 is 12.1 Å². The van der Waals surface area contributed by atoms with Gasteiger partial charge in [0.1, 0.15) is 0 Å². The molecule has 72 heavy (non-hydrogen) atoms. The van der Waals surface area contributed by atoms with E-state index in [1.165, 1.54) is 295 Å². The van der Waals surface area contributed by atoms with E-state index in [0.717, 1.165) is 44.9 Å². The number of amides is 1. The lowest BCUT2D eigenvalue weighted by Gasteiger charge is -2.22. The molecule has 0 heterocycles. The highest BCUT2D eigenvalue weighted by atomic mass is 16.5. The van der Waals surface area contributed by atoms with Gasteiger partial charge in [0.05, 0.1) is 25.4 Å². The molecule has 0 rings (SSSR count). The van der Waals surface area contributed by atoms with Crippen LogP contribution >= 0.6 is 0 Å². The first kappa shape index (κ1) is 70.6. The number of carbonyl (C=O) groups excluding carboxylic acids is 2. The van der Waals surface area contributed by atoms with Crippen molar-refractivity contribution in [3.8, 4) is 0 Å². The topological polar surface area (TPSA) is 95.9 Å². The quantitative estimate of drug-likeness (QED) is 0.0320. The van der Waals surface area contributed by atoms with Gasteiger partial charge in [0.25, 0.3) is 0 Å². The van der Waals surface area contributed by atoms with Crippen LogP contribution in [0, 0.1) is 0 Å². The fraction of sp³-hybridized carbons (Fsp3) is 0.939. The van der Waals surface area contributed by atoms with Gasteiger partial charge in [0, 0.05) is 12.8 Å². The van der Waals surface area contributed by atoms with E-state index >= 15 is 0 Å². The zero-order chi connectivity index (χ0) is 52.2. The average molecular weight is 1020 g/mol. The molecular weight excluding hydrogens is 887 g/mol. The monoisotopic (exact) mass is 1020 g/mol. The number of aliphatic hydroxyl groups excluding tert-OH is 2. The summed E-state index contributed by atoms with van der Waals surface area (Å²) in [6, 6.07) is -0.543. The van der Waals surface area contributed by atoms with Gasteiger partial charge >= 0.3 is 5.97 Å². The van der Waals surface area contributed by atoms with Crippen molar-refractivity contribution in [1.29, 1.82) is 0 Å². The lowest BCUT2D eigenvalue weighted by molar-refractivity contribution is -0.143. The molecule has 3 N–H and O–H groups in total. The van der Waals surface area contributed by atoms with Crippen molar-refractivity contribution < 1.29 is 24.5 Å². The Morgan fingerprint density at radius 2 is 0.653 bits per heavy atom. The number of allylic oxidation sites excluding steroid dienone is 2. The van der Waals surface area contributed by atoms with Crippen molar-refractivity contribution in [3.63, 3.8) is 0 Å². The van der Waals surface area contributed by atoms with Crippen LogP contribution in [0.25, 0.3) is 0 Å². The van der Waals surface area contributed by atoms with E-state index in [4.69, 9.17) is 4.74 Å². The summed E-state index contributed by atoms with van der Waals surface area (Å²) in [4.78, 5) is 24.6. The minimum atomic E-state index is -0.666. The molecule has 0 saturated carbocycles. The second kappa shape index (κ2) is 62.1. The molecule has 0 aromatic rings. The predicted molar refractivity (Wildman–Crippen MR) is 315 cm³/mol. The number of rotatable bonds is 62. The molecule has 0 bridgehead atoms. The number of hydrogen-bond acceptors (Lipinski definition) is 5. The Morgan fingerprint density at radius 1 is 0.375 bits per heavy atom. The van der Waals surface area contributed by atoms with Crippen molar-refractivity contribution in [2.45, 2.75) is 386 Å². The molecule has 0 aromatic carbocycles. The number of nitrogens with one attached hydrogen (secondary N) is 1. The highest BCUT2D eigenvalue weighted by Gasteiger charge is 2.20. The van der Waals surface area contributed by atoms with Crippen molar-refractivity contribution >= 4 is 11.9 Å². The molecule has 6 heteroatoms. The third-order valence-electron chi connectivity index (χ3n) is 15.6. The number of unbranched alkanes of at least 4 members (excludes halogenated alkanes) is 49. The maximum atomic E-state index is 12.5. The van der Waals surface area contributed by atoms with Crippen LogP contribution in [-0.2, 0) is 14.3 Å². The van der Waals surface area contributed by atoms with Crippen LogP contribution in [0.15, 0.2) is 12.2 Å². The summed E-state index contributed by atoms with van der Waals surface area (Å²) in [5, 5.41) is 23.4. The van der Waals surface area contributed by atoms with E-state index in [0.29, 0.717) is 25.9 Å². The van der Waals surface area contributed by atoms with E-state index in [1.807, 2.05) is 0 Å². The lowest BCUT2D eigenvalue weighted by Crippen LogP contribution is -2.45. The molecule has 0 fully saturated rings. The number of ether oxygens (including phenoxy) is 1. The van der Waals surface area contributed by atoms with Crippen LogP contribution in [0.5, 0.6) is 0 Å². The molecule has 0 spiro atoms. The minimum Gasteiger partial charge on any atom is -0.466 e. The molecule has 6 nitrogen and oxygen atoms in total. The fourth-order valence-electron chi connectivity index (χ4n) is 10.5. The summed E-state index contributed by atoms with van der Waals surface area (Å²) in [6.07, 6.45) is 75.1. The molecule has 0 aliphatic heterocycles. The van der Waals surface area contributed by atoms with Gasteiger partial charge < -0.3 is 20.3 Å². The van der Waals surface area contributed by atoms with Crippen LogP contribution in [0.2, 0.25) is 0 Å². The Kier molecular flexibility index (Phi) is 60.9. The zero-order valence-electron chi connectivity index (χ0n) is 48.9. The van der Waals surface area contributed by atoms with Gasteiger partial charge in [-0.2, -0.15) is 0 Å². The molecular formula is C66H129NO5. The molecule has 2 atom stereocenters. The summed E-state index contributed by atoms with van der Waals surface area (Å²) in [5.41, 5.74) is 0. The van der Waals surface area contributed by atoms with Gasteiger partial charge in [-0.25, -0.2) is 0 Å². The number of esters is 1. The first-order valence-corrected chi connectivity index (χ1v) is 32.9. The maximum absolute atomic E-state index is 12.5. The first-order chi connectivity index (χ1) is 35.5. The minimum absolute atomic E-state index is 0.00435. The standard InChI is InChI=1S/C66H129NO5/c1-3-5-7-9-11-13-15-17-19-21-24-27-30-34-38-42-46-50-54-58-64(69)63(62-68)67-65(70)59-55-51-47-43-39-35-31-28-25-22-23-26-29-33-37-41-45-49-53-57-61-72-66(71)60-56-52-48-44-40-36-32-20-18-16-14-12-10-8-6-4-2/h20,32,63-64,68-69H,3-19,21-31,33-62H2,1-2H3,(H,67,70)/b32-20-. The fourth-order valence-corrected chi connectivity index (χ4v) is 10.5. The SMILES string of the molecule is CCCCCCCCC/C=C\CCCCCCCC(=O)OCCCCCCCCCCCCCCCCCCCCCCC(=O)NC(CO)C(O)CCCCCCCCCCCCCCCCCCCCC. The zero-order valence-corrected chi connectivity index (χ0v) is 48.9. The number of carbonyl (C=O) groups is 2. The summed E-state index contributed by atoms with van der Waals surface area (Å²) in [6.45, 7) is 4.98. The van der Waals surface area contributed by atoms with Crippen LogP contribution < -0.4 is 5.32 Å². The van der Waals surface area contributed by atoms with Gasteiger partial charge in [-0.1, -0.05) is 321 Å². The Bertz CT molecular complexity index is 1080. The third-order valence-corrected chi connectivity index (χ3v) is 15.6. The molecule has 0 saturated heterocycles. The van der Waals surface area contributed by atoms with E-state index in [2.05, 4.69) is 31.3 Å². The van der Waals surface area contributed by atoms with Gasteiger partial charge in [-0.3, -0.25) is 9.59 Å². The van der Waals surface area contributed by atoms with Gasteiger partial charge in [-0.15, -0.1) is 0 Å². The molecule has 0 aliphatic rings. The number of aliphatic hydroxyl groups is 2. The van der Waals surface area contributed by atoms with Crippen LogP contribution in [0.3, 0.4) is 0 Å². The number of hydrogen-bond donors (Lipinski definition) is 3. The van der Waals surface area contributed by atoms with Gasteiger partial charge in [0.15, 0.2) is 0 Å². The van der Waals surface area contributed by atoms with E-state index in [1.54, 1.807) is 0 Å². The Hall–Kier alpha value is -1.40. The molecule has 2 unspecified atom stereocenters. The highest BCUT2D eigenvalue weighted by Crippen LogP contribution is 2.19. The van der Waals surface area contributed by atoms with Crippen LogP contribution in [0.1, 0.15) is 373 Å². The predicted octanol–water partition coefficient (Wildman–Crippen LogP) is 20.8. The van der Waals surface area contributed by atoms with E-state index in [9.17, 15) is 19.8 Å². The van der Waals surface area contributed by atoms with Crippen LogP contribution in [0.4, 0.5) is 0 Å².